The van der Waals surface area contributed by atoms with E-state index in [2.05, 4.69) is 5.32 Å². The number of para-hydroxylation sites is 1. The second kappa shape index (κ2) is 10.1. The van der Waals surface area contributed by atoms with E-state index in [1.165, 1.54) is 31.0 Å². The van der Waals surface area contributed by atoms with Crippen molar-refractivity contribution in [2.75, 3.05) is 19.5 Å². The Labute approximate surface area is 201 Å². The summed E-state index contributed by atoms with van der Waals surface area (Å²) in [6, 6.07) is 12.8. The molecule has 0 saturated heterocycles. The molecule has 0 aromatic heterocycles. The summed E-state index contributed by atoms with van der Waals surface area (Å²) < 4.78 is 24.5. The van der Waals surface area contributed by atoms with Crippen molar-refractivity contribution >= 4 is 34.5 Å². The van der Waals surface area contributed by atoms with E-state index in [1.807, 2.05) is 41.5 Å². The number of amidine groups is 1. The van der Waals surface area contributed by atoms with Crippen LogP contribution in [-0.2, 0) is 14.3 Å². The van der Waals surface area contributed by atoms with E-state index in [0.717, 1.165) is 5.56 Å². The average Bonchev–Trinajstić information content (AvgIpc) is 3.25. The fourth-order valence-corrected chi connectivity index (χ4v) is 4.90. The monoisotopic (exact) mass is 481 g/mol. The number of esters is 1. The number of methoxy groups -OCH3 is 2. The highest BCUT2D eigenvalue weighted by Crippen LogP contribution is 2.45. The number of carbonyl (C=O) groups excluding carboxylic acids is 2. The van der Waals surface area contributed by atoms with Crippen molar-refractivity contribution in [2.24, 2.45) is 4.99 Å². The van der Waals surface area contributed by atoms with Gasteiger partial charge in [-0.15, -0.1) is 0 Å². The predicted molar refractivity (Wildman–Crippen MR) is 130 cm³/mol. The van der Waals surface area contributed by atoms with Crippen LogP contribution in [0, 0.1) is 5.82 Å². The second-order valence-electron chi connectivity index (χ2n) is 7.58. The molecule has 0 saturated carbocycles. The first-order chi connectivity index (χ1) is 16.5. The lowest BCUT2D eigenvalue weighted by Gasteiger charge is -2.36. The minimum atomic E-state index is -0.562. The summed E-state index contributed by atoms with van der Waals surface area (Å²) >= 11 is 1.38. The predicted octanol–water partition coefficient (Wildman–Crippen LogP) is 5.00. The number of amides is 1. The van der Waals surface area contributed by atoms with Crippen molar-refractivity contribution in [1.29, 1.82) is 0 Å². The molecule has 1 N–H and O–H groups in total. The van der Waals surface area contributed by atoms with Crippen LogP contribution in [0.25, 0.3) is 0 Å². The fraction of sp³-hybridized carbons (Fsp3) is 0.240. The number of ether oxygens (including phenoxy) is 2. The maximum atomic E-state index is 14.0. The molecule has 0 fully saturated rings. The Bertz CT molecular complexity index is 1220. The lowest BCUT2D eigenvalue weighted by molar-refractivity contribution is -0.136. The van der Waals surface area contributed by atoms with Gasteiger partial charge in [-0.05, 0) is 41.7 Å². The topological polar surface area (TPSA) is 80.2 Å². The van der Waals surface area contributed by atoms with Gasteiger partial charge in [-0.2, -0.15) is 0 Å². The third-order valence-corrected chi connectivity index (χ3v) is 6.42. The van der Waals surface area contributed by atoms with E-state index in [0.29, 0.717) is 34.3 Å². The molecule has 9 heteroatoms. The zero-order valence-corrected chi connectivity index (χ0v) is 19.8. The number of allylic oxidation sites excluding steroid dienone is 1. The molecule has 1 unspecified atom stereocenters. The third-order valence-electron chi connectivity index (χ3n) is 5.53. The van der Waals surface area contributed by atoms with Gasteiger partial charge in [0.15, 0.2) is 5.17 Å². The number of anilines is 1. The number of aliphatic imine (C=N–C) groups is 1. The van der Waals surface area contributed by atoms with Gasteiger partial charge in [-0.3, -0.25) is 4.79 Å². The first-order valence-corrected chi connectivity index (χ1v) is 11.6. The summed E-state index contributed by atoms with van der Waals surface area (Å²) in [5.74, 6) is -0.742. The van der Waals surface area contributed by atoms with Gasteiger partial charge in [0.05, 0.1) is 43.6 Å². The minimum Gasteiger partial charge on any atom is -0.497 e. The van der Waals surface area contributed by atoms with Crippen LogP contribution in [0.2, 0.25) is 0 Å². The van der Waals surface area contributed by atoms with E-state index >= 15 is 0 Å². The van der Waals surface area contributed by atoms with Gasteiger partial charge in [-0.25, -0.2) is 14.2 Å². The molecular formula is C25H24FN3O4S. The Balaban J connectivity index is 1.71. The summed E-state index contributed by atoms with van der Waals surface area (Å²) in [6.45, 7) is 1.93. The molecule has 0 radical (unpaired) electrons. The molecule has 176 valence electrons. The van der Waals surface area contributed by atoms with Gasteiger partial charge >= 0.3 is 5.97 Å². The van der Waals surface area contributed by atoms with Crippen molar-refractivity contribution < 1.29 is 23.5 Å². The Morgan fingerprint density at radius 1 is 1.18 bits per heavy atom. The maximum Gasteiger partial charge on any atom is 0.338 e. The van der Waals surface area contributed by atoms with Crippen molar-refractivity contribution in [2.45, 2.75) is 25.8 Å². The number of carbonyl (C=O) groups is 2. The highest BCUT2D eigenvalue weighted by atomic mass is 32.2. The quantitative estimate of drug-likeness (QED) is 0.561. The fourth-order valence-electron chi connectivity index (χ4n) is 3.96. The van der Waals surface area contributed by atoms with Gasteiger partial charge < -0.3 is 19.7 Å². The zero-order chi connectivity index (χ0) is 24.2. The molecule has 0 spiro atoms. The van der Waals surface area contributed by atoms with Gasteiger partial charge in [0.2, 0.25) is 5.91 Å². The molecule has 1 atom stereocenters. The molecule has 2 aromatic rings. The Hall–Kier alpha value is -3.59. The SMILES string of the molecule is CCC1=C(C(=O)OC)C(c2cccc(OC)c2)N2C(CC(=O)Nc3ccccc3F)=CSC2=N1. The van der Waals surface area contributed by atoms with Crippen molar-refractivity contribution in [3.05, 3.63) is 82.3 Å². The van der Waals surface area contributed by atoms with Crippen LogP contribution < -0.4 is 10.1 Å². The Morgan fingerprint density at radius 3 is 2.68 bits per heavy atom. The van der Waals surface area contributed by atoms with Gasteiger partial charge in [0.25, 0.3) is 0 Å². The maximum absolute atomic E-state index is 14.0. The molecule has 0 bridgehead atoms. The zero-order valence-electron chi connectivity index (χ0n) is 19.0. The number of fused-ring (bicyclic) bond motifs is 1. The van der Waals surface area contributed by atoms with E-state index in [4.69, 9.17) is 14.5 Å². The van der Waals surface area contributed by atoms with Crippen molar-refractivity contribution in [1.82, 2.24) is 4.90 Å². The lowest BCUT2D eigenvalue weighted by Crippen LogP contribution is -2.37. The van der Waals surface area contributed by atoms with Crippen molar-refractivity contribution in [3.63, 3.8) is 0 Å². The van der Waals surface area contributed by atoms with E-state index < -0.39 is 17.8 Å². The van der Waals surface area contributed by atoms with E-state index in [-0.39, 0.29) is 18.0 Å². The third kappa shape index (κ3) is 4.56. The van der Waals surface area contributed by atoms with E-state index in [1.54, 1.807) is 19.2 Å². The Kier molecular flexibility index (Phi) is 7.02. The molecule has 7 nitrogen and oxygen atoms in total. The number of hydrogen-bond donors (Lipinski definition) is 1. The van der Waals surface area contributed by atoms with Crippen LogP contribution in [0.1, 0.15) is 31.4 Å². The summed E-state index contributed by atoms with van der Waals surface area (Å²) in [5.41, 5.74) is 2.58. The lowest BCUT2D eigenvalue weighted by atomic mass is 9.92. The second-order valence-corrected chi connectivity index (χ2v) is 8.42. The van der Waals surface area contributed by atoms with Crippen LogP contribution in [0.4, 0.5) is 10.1 Å². The smallest absolute Gasteiger partial charge is 0.338 e. The molecule has 4 rings (SSSR count). The summed E-state index contributed by atoms with van der Waals surface area (Å²) in [4.78, 5) is 32.3. The highest BCUT2D eigenvalue weighted by Gasteiger charge is 2.41. The number of thioether (sulfide) groups is 1. The first-order valence-electron chi connectivity index (χ1n) is 10.7. The van der Waals surface area contributed by atoms with Crippen LogP contribution in [0.15, 0.2) is 75.9 Å². The highest BCUT2D eigenvalue weighted by molar-refractivity contribution is 8.16. The number of benzene rings is 2. The molecular weight excluding hydrogens is 457 g/mol. The molecule has 2 aromatic carbocycles. The molecule has 2 aliphatic heterocycles. The Morgan fingerprint density at radius 2 is 1.97 bits per heavy atom. The minimum absolute atomic E-state index is 0.0310. The van der Waals surface area contributed by atoms with Crippen LogP contribution in [-0.4, -0.2) is 36.2 Å². The molecule has 2 heterocycles. The molecule has 0 aliphatic carbocycles. The standard InChI is InChI=1S/C25H24FN3O4S/c1-4-19-22(24(31)33-3)23(15-8-7-9-17(12-15)32-2)29-16(14-34-25(29)28-19)13-21(30)27-20-11-6-5-10-18(20)26/h5-12,14,23H,4,13H2,1-3H3,(H,27,30). The number of rotatable bonds is 7. The molecule has 34 heavy (non-hydrogen) atoms. The summed E-state index contributed by atoms with van der Waals surface area (Å²) in [7, 11) is 2.91. The van der Waals surface area contributed by atoms with Crippen LogP contribution >= 0.6 is 11.8 Å². The van der Waals surface area contributed by atoms with Gasteiger partial charge in [0, 0.05) is 5.70 Å². The van der Waals surface area contributed by atoms with E-state index in [9.17, 15) is 14.0 Å². The first kappa shape index (κ1) is 23.6. The number of nitrogens with zero attached hydrogens (tertiary/aromatic N) is 2. The number of halogens is 1. The number of nitrogens with one attached hydrogen (secondary N) is 1. The largest absolute Gasteiger partial charge is 0.497 e. The normalized spacial score (nSPS) is 17.1. The summed E-state index contributed by atoms with van der Waals surface area (Å²) in [6.07, 6.45) is 0.503. The van der Waals surface area contributed by atoms with Gasteiger partial charge in [0.1, 0.15) is 11.6 Å². The number of hydrogen-bond acceptors (Lipinski definition) is 7. The van der Waals surface area contributed by atoms with Crippen LogP contribution in [0.5, 0.6) is 5.75 Å². The average molecular weight is 482 g/mol. The summed E-state index contributed by atoms with van der Waals surface area (Å²) in [5, 5.41) is 5.11. The van der Waals surface area contributed by atoms with Crippen LogP contribution in [0.3, 0.4) is 0 Å². The molecule has 1 amide bonds. The van der Waals surface area contributed by atoms with Crippen molar-refractivity contribution in [3.8, 4) is 5.75 Å². The molecule has 2 aliphatic rings. The van der Waals surface area contributed by atoms with Gasteiger partial charge in [-0.1, -0.05) is 43.0 Å².